The minimum Gasteiger partial charge on any atom is -0.394 e. The molecule has 0 rings (SSSR count). The molecule has 0 aliphatic heterocycles. The number of unbranched alkanes of at least 4 members (excludes halogenated alkanes) is 11. The number of allylic oxidation sites excluding steroid dienone is 2. The lowest BCUT2D eigenvalue weighted by atomic mass is 10.1. The molecule has 2 N–H and O–H groups in total. The molecule has 0 aliphatic carbocycles. The van der Waals surface area contributed by atoms with E-state index in [1.807, 2.05) is 13.8 Å². The Hall–Kier alpha value is -0.830. The standard InChI is InChI=1S/C22H43NO2/c1-4-5-6-7-8-9-10-11-12-13-14-15-16-17-18-19-21(25)23-22(2,3)20-24/h11-12,24H,4-10,13-20H2,1-3H3,(H,23,25). The van der Waals surface area contributed by atoms with Crippen molar-refractivity contribution < 1.29 is 9.90 Å². The van der Waals surface area contributed by atoms with Crippen molar-refractivity contribution in [2.75, 3.05) is 6.61 Å². The first kappa shape index (κ1) is 24.2. The van der Waals surface area contributed by atoms with Crippen LogP contribution in [0.4, 0.5) is 0 Å². The molecule has 0 aromatic rings. The minimum absolute atomic E-state index is 0.0227. The van der Waals surface area contributed by atoms with Gasteiger partial charge in [0.25, 0.3) is 0 Å². The Morgan fingerprint density at radius 3 is 1.84 bits per heavy atom. The SMILES string of the molecule is CCCCCCCCC=CCCCCCCCC(=O)NC(C)(C)CO. The molecule has 0 atom stereocenters. The smallest absolute Gasteiger partial charge is 0.220 e. The van der Waals surface area contributed by atoms with Crippen molar-refractivity contribution in [2.24, 2.45) is 0 Å². The Balaban J connectivity index is 3.30. The maximum Gasteiger partial charge on any atom is 0.220 e. The molecule has 0 heterocycles. The van der Waals surface area contributed by atoms with Crippen molar-refractivity contribution in [2.45, 2.75) is 116 Å². The largest absolute Gasteiger partial charge is 0.394 e. The lowest BCUT2D eigenvalue weighted by molar-refractivity contribution is -0.123. The van der Waals surface area contributed by atoms with E-state index in [-0.39, 0.29) is 12.5 Å². The maximum absolute atomic E-state index is 11.7. The number of aliphatic hydroxyl groups is 1. The zero-order chi connectivity index (χ0) is 18.8. The van der Waals surface area contributed by atoms with Gasteiger partial charge in [0.15, 0.2) is 0 Å². The van der Waals surface area contributed by atoms with Gasteiger partial charge in [0, 0.05) is 6.42 Å². The van der Waals surface area contributed by atoms with Gasteiger partial charge in [-0.05, 0) is 46.0 Å². The fourth-order valence-electron chi connectivity index (χ4n) is 2.84. The number of amides is 1. The highest BCUT2D eigenvalue weighted by molar-refractivity contribution is 5.76. The molecule has 3 nitrogen and oxygen atoms in total. The quantitative estimate of drug-likeness (QED) is 0.252. The molecule has 0 aliphatic rings. The summed E-state index contributed by atoms with van der Waals surface area (Å²) in [5.74, 6) is 0.0525. The second kappa shape index (κ2) is 16.6. The lowest BCUT2D eigenvalue weighted by Gasteiger charge is -2.23. The first-order valence-corrected chi connectivity index (χ1v) is 10.6. The van der Waals surface area contributed by atoms with Crippen LogP contribution < -0.4 is 5.32 Å². The second-order valence-corrected chi connectivity index (χ2v) is 7.92. The van der Waals surface area contributed by atoms with Gasteiger partial charge >= 0.3 is 0 Å². The first-order chi connectivity index (χ1) is 12.0. The molecule has 0 aromatic carbocycles. The van der Waals surface area contributed by atoms with E-state index in [4.69, 9.17) is 5.11 Å². The number of aliphatic hydroxyl groups excluding tert-OH is 1. The molecule has 0 fully saturated rings. The zero-order valence-corrected chi connectivity index (χ0v) is 17.1. The predicted octanol–water partition coefficient (Wildman–Crippen LogP) is 5.91. The van der Waals surface area contributed by atoms with Gasteiger partial charge in [0.05, 0.1) is 12.1 Å². The average molecular weight is 354 g/mol. The summed E-state index contributed by atoms with van der Waals surface area (Å²) in [6, 6.07) is 0. The van der Waals surface area contributed by atoms with Gasteiger partial charge in [0.1, 0.15) is 0 Å². The molecule has 0 spiro atoms. The van der Waals surface area contributed by atoms with Crippen molar-refractivity contribution in [3.05, 3.63) is 12.2 Å². The fraction of sp³-hybridized carbons (Fsp3) is 0.864. The number of hydrogen-bond acceptors (Lipinski definition) is 2. The van der Waals surface area contributed by atoms with E-state index in [9.17, 15) is 4.79 Å². The van der Waals surface area contributed by atoms with Crippen LogP contribution in [0.15, 0.2) is 12.2 Å². The maximum atomic E-state index is 11.7. The van der Waals surface area contributed by atoms with Crippen molar-refractivity contribution in [1.29, 1.82) is 0 Å². The van der Waals surface area contributed by atoms with Gasteiger partial charge < -0.3 is 10.4 Å². The van der Waals surface area contributed by atoms with Crippen LogP contribution >= 0.6 is 0 Å². The van der Waals surface area contributed by atoms with E-state index < -0.39 is 5.54 Å². The van der Waals surface area contributed by atoms with Gasteiger partial charge in [-0.2, -0.15) is 0 Å². The van der Waals surface area contributed by atoms with E-state index in [1.54, 1.807) is 0 Å². The predicted molar refractivity (Wildman–Crippen MR) is 109 cm³/mol. The van der Waals surface area contributed by atoms with Crippen LogP contribution in [-0.2, 0) is 4.79 Å². The van der Waals surface area contributed by atoms with E-state index >= 15 is 0 Å². The van der Waals surface area contributed by atoms with Crippen LogP contribution in [-0.4, -0.2) is 23.2 Å². The molecule has 0 radical (unpaired) electrons. The molecule has 3 heteroatoms. The monoisotopic (exact) mass is 353 g/mol. The molecule has 0 saturated heterocycles. The summed E-state index contributed by atoms with van der Waals surface area (Å²) in [4.78, 5) is 11.7. The minimum atomic E-state index is -0.501. The topological polar surface area (TPSA) is 49.3 Å². The third-order valence-electron chi connectivity index (χ3n) is 4.54. The van der Waals surface area contributed by atoms with Gasteiger partial charge in [-0.15, -0.1) is 0 Å². The first-order valence-electron chi connectivity index (χ1n) is 10.6. The number of hydrogen-bond donors (Lipinski definition) is 2. The van der Waals surface area contributed by atoms with Gasteiger partial charge in [-0.1, -0.05) is 70.4 Å². The molecule has 0 unspecified atom stereocenters. The summed E-state index contributed by atoms with van der Waals surface area (Å²) < 4.78 is 0. The second-order valence-electron chi connectivity index (χ2n) is 7.92. The van der Waals surface area contributed by atoms with Crippen LogP contribution in [0.3, 0.4) is 0 Å². The van der Waals surface area contributed by atoms with Crippen molar-refractivity contribution in [3.8, 4) is 0 Å². The van der Waals surface area contributed by atoms with Crippen LogP contribution in [0.1, 0.15) is 111 Å². The summed E-state index contributed by atoms with van der Waals surface area (Å²) in [7, 11) is 0. The Morgan fingerprint density at radius 2 is 1.32 bits per heavy atom. The molecular weight excluding hydrogens is 310 g/mol. The number of carbonyl (C=O) groups excluding carboxylic acids is 1. The highest BCUT2D eigenvalue weighted by Gasteiger charge is 2.18. The highest BCUT2D eigenvalue weighted by Crippen LogP contribution is 2.10. The van der Waals surface area contributed by atoms with Gasteiger partial charge in [-0.3, -0.25) is 4.79 Å². The van der Waals surface area contributed by atoms with Crippen molar-refractivity contribution in [3.63, 3.8) is 0 Å². The number of nitrogens with one attached hydrogen (secondary N) is 1. The van der Waals surface area contributed by atoms with Crippen LogP contribution in [0, 0.1) is 0 Å². The van der Waals surface area contributed by atoms with Crippen LogP contribution in [0.5, 0.6) is 0 Å². The van der Waals surface area contributed by atoms with Crippen molar-refractivity contribution in [1.82, 2.24) is 5.32 Å². The fourth-order valence-corrected chi connectivity index (χ4v) is 2.84. The Kier molecular flexibility index (Phi) is 16.1. The third kappa shape index (κ3) is 17.8. The molecular formula is C22H43NO2. The molecule has 0 aromatic heterocycles. The van der Waals surface area contributed by atoms with Crippen LogP contribution in [0.25, 0.3) is 0 Å². The Morgan fingerprint density at radius 1 is 0.840 bits per heavy atom. The van der Waals surface area contributed by atoms with Gasteiger partial charge in [0.2, 0.25) is 5.91 Å². The number of carbonyl (C=O) groups is 1. The van der Waals surface area contributed by atoms with E-state index in [0.717, 1.165) is 12.8 Å². The third-order valence-corrected chi connectivity index (χ3v) is 4.54. The summed E-state index contributed by atoms with van der Waals surface area (Å²) in [5, 5.41) is 12.0. The Labute approximate surface area is 156 Å². The normalized spacial score (nSPS) is 12.0. The highest BCUT2D eigenvalue weighted by atomic mass is 16.3. The molecule has 1 amide bonds. The number of rotatable bonds is 17. The summed E-state index contributed by atoms with van der Waals surface area (Å²) >= 11 is 0. The van der Waals surface area contributed by atoms with Gasteiger partial charge in [-0.25, -0.2) is 0 Å². The van der Waals surface area contributed by atoms with Crippen LogP contribution in [0.2, 0.25) is 0 Å². The van der Waals surface area contributed by atoms with Crippen molar-refractivity contribution >= 4 is 5.91 Å². The summed E-state index contributed by atoms with van der Waals surface area (Å²) in [6.45, 7) is 5.92. The zero-order valence-electron chi connectivity index (χ0n) is 17.1. The average Bonchev–Trinajstić information content (AvgIpc) is 2.58. The summed E-state index contributed by atoms with van der Waals surface area (Å²) in [6.07, 6.45) is 21.7. The van der Waals surface area contributed by atoms with E-state index in [2.05, 4.69) is 24.4 Å². The molecule has 25 heavy (non-hydrogen) atoms. The summed E-state index contributed by atoms with van der Waals surface area (Å²) in [5.41, 5.74) is -0.501. The van der Waals surface area contributed by atoms with E-state index in [0.29, 0.717) is 6.42 Å². The molecule has 148 valence electrons. The Bertz CT molecular complexity index is 337. The van der Waals surface area contributed by atoms with E-state index in [1.165, 1.54) is 70.6 Å². The lowest BCUT2D eigenvalue weighted by Crippen LogP contribution is -2.46. The molecule has 0 saturated carbocycles. The molecule has 0 bridgehead atoms.